The van der Waals surface area contributed by atoms with Gasteiger partial charge in [-0.15, -0.1) is 22.7 Å². The molecule has 3 aromatic heterocycles. The molecule has 0 radical (unpaired) electrons. The van der Waals surface area contributed by atoms with Gasteiger partial charge in [-0.2, -0.15) is 5.10 Å². The third-order valence-corrected chi connectivity index (χ3v) is 4.51. The first-order chi connectivity index (χ1) is 10.4. The maximum atomic E-state index is 4.59. The molecule has 0 atom stereocenters. The molecule has 0 unspecified atom stereocenters. The molecule has 0 N–H and O–H groups in total. The largest absolute Gasteiger partial charge is 0.264 e. The number of thiophene rings is 1. The molecule has 0 aliphatic carbocycles. The summed E-state index contributed by atoms with van der Waals surface area (Å²) >= 11 is 3.31. The van der Waals surface area contributed by atoms with Gasteiger partial charge in [0.25, 0.3) is 0 Å². The Balaban J connectivity index is 2.05. The van der Waals surface area contributed by atoms with E-state index >= 15 is 0 Å². The summed E-state index contributed by atoms with van der Waals surface area (Å²) in [7, 11) is 0. The first-order valence-electron chi connectivity index (χ1n) is 6.58. The van der Waals surface area contributed by atoms with E-state index in [2.05, 4.69) is 31.9 Å². The Labute approximate surface area is 130 Å². The second-order valence-corrected chi connectivity index (χ2v) is 5.98. The molecule has 0 saturated carbocycles. The van der Waals surface area contributed by atoms with Crippen LogP contribution in [-0.2, 0) is 0 Å². The van der Waals surface area contributed by atoms with E-state index in [-0.39, 0.29) is 0 Å². The van der Waals surface area contributed by atoms with Crippen molar-refractivity contribution < 1.29 is 0 Å². The van der Waals surface area contributed by atoms with Gasteiger partial charge in [0.15, 0.2) is 0 Å². The molecular weight excluding hydrogens is 300 g/mol. The van der Waals surface area contributed by atoms with Gasteiger partial charge in [0.05, 0.1) is 16.8 Å². The summed E-state index contributed by atoms with van der Waals surface area (Å²) in [5.74, 6) is 0. The van der Waals surface area contributed by atoms with E-state index in [0.29, 0.717) is 0 Å². The average molecular weight is 314 g/mol. The highest BCUT2D eigenvalue weighted by molar-refractivity contribution is 7.14. The summed E-state index contributed by atoms with van der Waals surface area (Å²) in [6.45, 7) is 2.77. The zero-order valence-electron chi connectivity index (χ0n) is 11.5. The van der Waals surface area contributed by atoms with Crippen molar-refractivity contribution >= 4 is 28.9 Å². The van der Waals surface area contributed by atoms with Crippen LogP contribution < -0.4 is 4.80 Å². The standard InChI is InChI=1S/C15H14N4S2/c1-2-17-15-19(18-10-12-5-3-7-16-9-12)13(11-21-15)14-6-4-8-20-14/h3-11H,2H2,1H3. The van der Waals surface area contributed by atoms with E-state index < -0.39 is 0 Å². The van der Waals surface area contributed by atoms with Gasteiger partial charge in [-0.1, -0.05) is 12.1 Å². The lowest BCUT2D eigenvalue weighted by Crippen LogP contribution is -2.12. The lowest BCUT2D eigenvalue weighted by Gasteiger charge is -2.00. The lowest BCUT2D eigenvalue weighted by molar-refractivity contribution is 0.834. The third kappa shape index (κ3) is 3.17. The maximum absolute atomic E-state index is 4.59. The van der Waals surface area contributed by atoms with Crippen LogP contribution in [0.4, 0.5) is 0 Å². The zero-order chi connectivity index (χ0) is 14.5. The van der Waals surface area contributed by atoms with E-state index in [0.717, 1.165) is 22.6 Å². The molecule has 6 heteroatoms. The fraction of sp³-hybridized carbons (Fsp3) is 0.133. The smallest absolute Gasteiger partial charge is 0.206 e. The summed E-state index contributed by atoms with van der Waals surface area (Å²) in [5.41, 5.74) is 2.04. The summed E-state index contributed by atoms with van der Waals surface area (Å²) in [4.78, 5) is 10.7. The SMILES string of the molecule is CCN=c1scc(-c2cccs2)n1N=Cc1cccnc1. The van der Waals surface area contributed by atoms with Gasteiger partial charge in [-0.05, 0) is 24.4 Å². The molecule has 0 spiro atoms. The Hall–Kier alpha value is -2.05. The second kappa shape index (κ2) is 6.60. The molecule has 3 heterocycles. The Morgan fingerprint density at radius 3 is 2.95 bits per heavy atom. The van der Waals surface area contributed by atoms with E-state index in [9.17, 15) is 0 Å². The Kier molecular flexibility index (Phi) is 4.37. The fourth-order valence-corrected chi connectivity index (χ4v) is 3.52. The Bertz CT molecular complexity index is 783. The van der Waals surface area contributed by atoms with Crippen molar-refractivity contribution in [1.29, 1.82) is 0 Å². The molecule has 21 heavy (non-hydrogen) atoms. The zero-order valence-corrected chi connectivity index (χ0v) is 13.1. The number of hydrogen-bond acceptors (Lipinski definition) is 5. The van der Waals surface area contributed by atoms with E-state index in [4.69, 9.17) is 0 Å². The van der Waals surface area contributed by atoms with Crippen LogP contribution in [0.25, 0.3) is 10.6 Å². The van der Waals surface area contributed by atoms with Crippen molar-refractivity contribution in [3.63, 3.8) is 0 Å². The molecule has 0 bridgehead atoms. The molecule has 0 aliphatic heterocycles. The number of rotatable bonds is 4. The van der Waals surface area contributed by atoms with Crippen molar-refractivity contribution in [3.05, 3.63) is 57.8 Å². The first kappa shape index (κ1) is 13.9. The Morgan fingerprint density at radius 2 is 2.24 bits per heavy atom. The Morgan fingerprint density at radius 1 is 1.29 bits per heavy atom. The van der Waals surface area contributed by atoms with Crippen molar-refractivity contribution in [1.82, 2.24) is 9.66 Å². The first-order valence-corrected chi connectivity index (χ1v) is 8.33. The summed E-state index contributed by atoms with van der Waals surface area (Å²) in [6.07, 6.45) is 5.35. The minimum absolute atomic E-state index is 0.743. The van der Waals surface area contributed by atoms with Crippen LogP contribution >= 0.6 is 22.7 Å². The van der Waals surface area contributed by atoms with Gasteiger partial charge in [0.1, 0.15) is 0 Å². The molecule has 3 aromatic rings. The van der Waals surface area contributed by atoms with E-state index in [1.54, 1.807) is 35.1 Å². The van der Waals surface area contributed by atoms with Gasteiger partial charge < -0.3 is 0 Å². The van der Waals surface area contributed by atoms with Crippen LogP contribution in [-0.4, -0.2) is 22.4 Å². The van der Waals surface area contributed by atoms with Crippen LogP contribution in [0, 0.1) is 0 Å². The van der Waals surface area contributed by atoms with Gasteiger partial charge in [-0.3, -0.25) is 9.98 Å². The quantitative estimate of drug-likeness (QED) is 0.680. The highest BCUT2D eigenvalue weighted by Crippen LogP contribution is 2.24. The predicted octanol–water partition coefficient (Wildman–Crippen LogP) is 3.48. The van der Waals surface area contributed by atoms with Crippen LogP contribution in [0.3, 0.4) is 0 Å². The molecule has 0 aromatic carbocycles. The van der Waals surface area contributed by atoms with E-state index in [1.165, 1.54) is 4.88 Å². The third-order valence-electron chi connectivity index (χ3n) is 2.76. The number of pyridine rings is 1. The van der Waals surface area contributed by atoms with Crippen molar-refractivity contribution in [3.8, 4) is 10.6 Å². The van der Waals surface area contributed by atoms with Gasteiger partial charge in [-0.25, -0.2) is 4.68 Å². The summed E-state index contributed by atoms with van der Waals surface area (Å²) in [5, 5.41) is 8.75. The normalized spacial score (nSPS) is 12.3. The van der Waals surface area contributed by atoms with Crippen molar-refractivity contribution in [2.24, 2.45) is 10.1 Å². The van der Waals surface area contributed by atoms with Crippen molar-refractivity contribution in [2.75, 3.05) is 6.54 Å². The molecule has 0 saturated heterocycles. The van der Waals surface area contributed by atoms with Crippen LogP contribution in [0.1, 0.15) is 12.5 Å². The topological polar surface area (TPSA) is 42.5 Å². The van der Waals surface area contributed by atoms with Gasteiger partial charge in [0.2, 0.25) is 4.80 Å². The maximum Gasteiger partial charge on any atom is 0.206 e. The molecule has 0 fully saturated rings. The number of hydrogen-bond donors (Lipinski definition) is 0. The molecule has 0 amide bonds. The minimum atomic E-state index is 0.743. The molecule has 3 rings (SSSR count). The number of thiazole rings is 1. The van der Waals surface area contributed by atoms with E-state index in [1.807, 2.05) is 36.0 Å². The second-order valence-electron chi connectivity index (χ2n) is 4.20. The van der Waals surface area contributed by atoms with Crippen molar-refractivity contribution in [2.45, 2.75) is 6.92 Å². The molecular formula is C15H14N4S2. The van der Waals surface area contributed by atoms with Crippen LogP contribution in [0.2, 0.25) is 0 Å². The minimum Gasteiger partial charge on any atom is -0.264 e. The van der Waals surface area contributed by atoms with Crippen LogP contribution in [0.5, 0.6) is 0 Å². The molecule has 0 aliphatic rings. The highest BCUT2D eigenvalue weighted by atomic mass is 32.1. The van der Waals surface area contributed by atoms with Crippen LogP contribution in [0.15, 0.2) is 57.5 Å². The summed E-state index contributed by atoms with van der Waals surface area (Å²) < 4.78 is 1.90. The monoisotopic (exact) mass is 314 g/mol. The number of nitrogens with zero attached hydrogens (tertiary/aromatic N) is 4. The fourth-order valence-electron chi connectivity index (χ4n) is 1.83. The lowest BCUT2D eigenvalue weighted by atomic mass is 10.3. The average Bonchev–Trinajstić information content (AvgIpc) is 3.16. The molecule has 4 nitrogen and oxygen atoms in total. The highest BCUT2D eigenvalue weighted by Gasteiger charge is 2.07. The molecule has 106 valence electrons. The number of aromatic nitrogens is 2. The van der Waals surface area contributed by atoms with Gasteiger partial charge >= 0.3 is 0 Å². The predicted molar refractivity (Wildman–Crippen MR) is 89.0 cm³/mol. The van der Waals surface area contributed by atoms with Gasteiger partial charge in [0, 0.05) is 29.9 Å². The summed E-state index contributed by atoms with van der Waals surface area (Å²) in [6, 6.07) is 8.02.